The molecule has 2 atom stereocenters. The molecule has 0 bridgehead atoms. The third-order valence-electron chi connectivity index (χ3n) is 5.64. The molecule has 0 aromatic heterocycles. The molecule has 0 spiro atoms. The molecule has 0 N–H and O–H groups in total. The lowest BCUT2D eigenvalue weighted by atomic mass is 10.3. The average Bonchev–Trinajstić information content (AvgIpc) is 3.34. The molecule has 142 valence electrons. The van der Waals surface area contributed by atoms with Crippen LogP contribution in [0.4, 0.5) is 0 Å². The lowest BCUT2D eigenvalue weighted by Gasteiger charge is -2.44. The predicted octanol–water partition coefficient (Wildman–Crippen LogP) is 4.77. The number of hydrogen-bond acceptors (Lipinski definition) is 4. The van der Waals surface area contributed by atoms with Crippen LogP contribution in [-0.4, -0.2) is 34.4 Å². The number of rotatable bonds is 8. The smallest absolute Gasteiger partial charge is 0.221 e. The third-order valence-corrected chi connectivity index (χ3v) is 14.2. The summed E-state index contributed by atoms with van der Waals surface area (Å²) in [6, 6.07) is 8.55. The quantitative estimate of drug-likeness (QED) is 0.479. The van der Waals surface area contributed by atoms with Gasteiger partial charge >= 0.3 is 0 Å². The van der Waals surface area contributed by atoms with Crippen molar-refractivity contribution in [2.75, 3.05) is 6.61 Å². The molecule has 0 saturated carbocycles. The Labute approximate surface area is 154 Å². The Hall–Kier alpha value is -0.693. The molecule has 25 heavy (non-hydrogen) atoms. The van der Waals surface area contributed by atoms with Gasteiger partial charge in [0.1, 0.15) is 0 Å². The zero-order chi connectivity index (χ0) is 19.0. The predicted molar refractivity (Wildman–Crippen MR) is 104 cm³/mol. The Morgan fingerprint density at radius 1 is 0.960 bits per heavy atom. The van der Waals surface area contributed by atoms with E-state index in [1.54, 1.807) is 24.3 Å². The van der Waals surface area contributed by atoms with Gasteiger partial charge in [0.2, 0.25) is 23.1 Å². The highest BCUT2D eigenvalue weighted by molar-refractivity contribution is 7.93. The first-order valence-electron chi connectivity index (χ1n) is 9.13. The van der Waals surface area contributed by atoms with Gasteiger partial charge in [-0.2, -0.15) is 0 Å². The van der Waals surface area contributed by atoms with Gasteiger partial charge in [0.25, 0.3) is 0 Å². The van der Waals surface area contributed by atoms with Crippen molar-refractivity contribution in [2.24, 2.45) is 0 Å². The Balaban J connectivity index is 2.38. The van der Waals surface area contributed by atoms with Crippen LogP contribution >= 0.6 is 0 Å². The molecule has 2 rings (SSSR count). The minimum absolute atomic E-state index is 0.199. The van der Waals surface area contributed by atoms with Gasteiger partial charge in [0.05, 0.1) is 17.6 Å². The van der Waals surface area contributed by atoms with E-state index in [1.165, 1.54) is 0 Å². The molecule has 0 amide bonds. The van der Waals surface area contributed by atoms with Crippen molar-refractivity contribution in [3.8, 4) is 0 Å². The molecule has 1 heterocycles. The minimum atomic E-state index is -3.60. The molecule has 4 nitrogen and oxygen atoms in total. The molecule has 0 unspecified atom stereocenters. The fourth-order valence-electron chi connectivity index (χ4n) is 4.28. The Morgan fingerprint density at radius 2 is 1.40 bits per heavy atom. The fourth-order valence-corrected chi connectivity index (χ4v) is 11.8. The number of sulfone groups is 1. The topological polar surface area (TPSA) is 55.9 Å². The first kappa shape index (κ1) is 20.6. The van der Waals surface area contributed by atoms with Crippen molar-refractivity contribution >= 4 is 18.2 Å². The molecule has 0 radical (unpaired) electrons. The fraction of sp³-hybridized carbons (Fsp3) is 0.684. The Bertz CT molecular complexity index is 657. The summed E-state index contributed by atoms with van der Waals surface area (Å²) in [5.41, 5.74) is 1.18. The number of epoxide rings is 1. The molecule has 1 fully saturated rings. The highest BCUT2D eigenvalue weighted by Gasteiger charge is 2.64. The maximum atomic E-state index is 13.2. The SMILES string of the molecule is CC(C)[Si](O[C@@H](C)[C@@]1(S(=O)(=O)c2ccccc2)CO1)(C(C)C)C(C)C. The van der Waals surface area contributed by atoms with Crippen LogP contribution < -0.4 is 0 Å². The molecular weight excluding hydrogens is 352 g/mol. The number of ether oxygens (including phenoxy) is 1. The summed E-state index contributed by atoms with van der Waals surface area (Å²) < 4.78 is 38.6. The van der Waals surface area contributed by atoms with Crippen LogP contribution in [0.1, 0.15) is 48.5 Å². The number of benzene rings is 1. The van der Waals surface area contributed by atoms with Gasteiger partial charge in [-0.3, -0.25) is 0 Å². The number of hydrogen-bond donors (Lipinski definition) is 0. The lowest BCUT2D eigenvalue weighted by Crippen LogP contribution is -2.53. The summed E-state index contributed by atoms with van der Waals surface area (Å²) in [6.07, 6.45) is -0.489. The molecule has 0 aliphatic carbocycles. The molecule has 1 aromatic rings. The van der Waals surface area contributed by atoms with Gasteiger partial charge in [0.15, 0.2) is 0 Å². The molecule has 1 saturated heterocycles. The monoisotopic (exact) mass is 384 g/mol. The van der Waals surface area contributed by atoms with E-state index in [0.29, 0.717) is 21.5 Å². The van der Waals surface area contributed by atoms with Crippen molar-refractivity contribution < 1.29 is 17.6 Å². The average molecular weight is 385 g/mol. The Morgan fingerprint density at radius 3 is 1.76 bits per heavy atom. The summed E-state index contributed by atoms with van der Waals surface area (Å²) >= 11 is 0. The van der Waals surface area contributed by atoms with E-state index < -0.39 is 29.2 Å². The van der Waals surface area contributed by atoms with Crippen LogP contribution in [0.25, 0.3) is 0 Å². The van der Waals surface area contributed by atoms with Crippen molar-refractivity contribution in [3.05, 3.63) is 30.3 Å². The van der Waals surface area contributed by atoms with Gasteiger partial charge in [-0.15, -0.1) is 0 Å². The van der Waals surface area contributed by atoms with Crippen LogP contribution in [0.3, 0.4) is 0 Å². The van der Waals surface area contributed by atoms with Gasteiger partial charge in [-0.1, -0.05) is 59.7 Å². The van der Waals surface area contributed by atoms with Crippen LogP contribution in [0.15, 0.2) is 35.2 Å². The summed E-state index contributed by atoms with van der Waals surface area (Å²) in [5, 5.41) is 0. The summed E-state index contributed by atoms with van der Waals surface area (Å²) in [6.45, 7) is 15.3. The third kappa shape index (κ3) is 3.34. The Kier molecular flexibility index (Phi) is 5.89. The second-order valence-electron chi connectivity index (χ2n) is 7.99. The maximum absolute atomic E-state index is 13.2. The van der Waals surface area contributed by atoms with Crippen molar-refractivity contribution in [3.63, 3.8) is 0 Å². The summed E-state index contributed by atoms with van der Waals surface area (Å²) in [5.74, 6) is 0. The van der Waals surface area contributed by atoms with E-state index >= 15 is 0 Å². The standard InChI is InChI=1S/C19H32O4SSi/c1-14(2)25(15(3)4,16(5)6)23-17(7)19(13-22-19)24(20,21)18-11-9-8-10-12-18/h8-12,14-17H,13H2,1-7H3/t17-,19-/m0/s1. The van der Waals surface area contributed by atoms with E-state index in [1.807, 2.05) is 13.0 Å². The zero-order valence-corrected chi connectivity index (χ0v) is 18.3. The van der Waals surface area contributed by atoms with Crippen LogP contribution in [0, 0.1) is 0 Å². The maximum Gasteiger partial charge on any atom is 0.221 e. The van der Waals surface area contributed by atoms with Gasteiger partial charge in [-0.05, 0) is 35.7 Å². The van der Waals surface area contributed by atoms with E-state index in [4.69, 9.17) is 9.16 Å². The van der Waals surface area contributed by atoms with Crippen LogP contribution in [-0.2, 0) is 19.0 Å². The van der Waals surface area contributed by atoms with Gasteiger partial charge in [-0.25, -0.2) is 8.42 Å². The normalized spacial score (nSPS) is 22.6. The van der Waals surface area contributed by atoms with Crippen molar-refractivity contribution in [2.45, 2.75) is 81.0 Å². The highest BCUT2D eigenvalue weighted by Crippen LogP contribution is 2.48. The van der Waals surface area contributed by atoms with Crippen molar-refractivity contribution in [1.29, 1.82) is 0 Å². The zero-order valence-electron chi connectivity index (χ0n) is 16.4. The second kappa shape index (κ2) is 7.14. The lowest BCUT2D eigenvalue weighted by molar-refractivity contribution is 0.133. The van der Waals surface area contributed by atoms with Gasteiger partial charge < -0.3 is 9.16 Å². The van der Waals surface area contributed by atoms with E-state index in [9.17, 15) is 8.42 Å². The van der Waals surface area contributed by atoms with Gasteiger partial charge in [0, 0.05) is 0 Å². The minimum Gasteiger partial charge on any atom is -0.409 e. The molecule has 1 aliphatic heterocycles. The van der Waals surface area contributed by atoms with E-state index in [2.05, 4.69) is 41.5 Å². The highest BCUT2D eigenvalue weighted by atomic mass is 32.2. The molecular formula is C19H32O4SSi. The molecule has 1 aromatic carbocycles. The van der Waals surface area contributed by atoms with E-state index in [0.717, 1.165) is 0 Å². The van der Waals surface area contributed by atoms with Crippen molar-refractivity contribution in [1.82, 2.24) is 0 Å². The molecule has 1 aliphatic rings. The summed E-state index contributed by atoms with van der Waals surface area (Å²) in [4.78, 5) is -0.945. The van der Waals surface area contributed by atoms with Crippen LogP contribution in [0.5, 0.6) is 0 Å². The first-order chi connectivity index (χ1) is 11.5. The summed E-state index contributed by atoms with van der Waals surface area (Å²) in [7, 11) is -5.79. The molecule has 6 heteroatoms. The first-order valence-corrected chi connectivity index (χ1v) is 12.8. The largest absolute Gasteiger partial charge is 0.409 e. The second-order valence-corrected chi connectivity index (χ2v) is 15.6. The van der Waals surface area contributed by atoms with E-state index in [-0.39, 0.29) is 6.61 Å². The van der Waals surface area contributed by atoms with Crippen LogP contribution in [0.2, 0.25) is 16.6 Å².